The summed E-state index contributed by atoms with van der Waals surface area (Å²) in [6, 6.07) is 9.40. The van der Waals surface area contributed by atoms with Gasteiger partial charge in [-0.25, -0.2) is 17.7 Å². The molecule has 7 nitrogen and oxygen atoms in total. The summed E-state index contributed by atoms with van der Waals surface area (Å²) in [4.78, 5) is 16.8. The van der Waals surface area contributed by atoms with Crippen LogP contribution < -0.4 is 5.32 Å². The molecular formula is C18H19N3O4S2. The Bertz CT molecular complexity index is 1050. The molecule has 2 aromatic heterocycles. The second-order valence-corrected chi connectivity index (χ2v) is 9.23. The zero-order chi connectivity index (χ0) is 19.6. The molecule has 0 aliphatic heterocycles. The van der Waals surface area contributed by atoms with E-state index in [9.17, 15) is 13.2 Å². The van der Waals surface area contributed by atoms with Crippen molar-refractivity contribution in [2.24, 2.45) is 0 Å². The molecule has 0 saturated heterocycles. The maximum atomic E-state index is 12.3. The lowest BCUT2D eigenvalue weighted by molar-refractivity contribution is 0.0948. The highest BCUT2D eigenvalue weighted by Gasteiger charge is 2.17. The first-order valence-corrected chi connectivity index (χ1v) is 10.4. The van der Waals surface area contributed by atoms with Crippen molar-refractivity contribution < 1.29 is 17.6 Å². The predicted molar refractivity (Wildman–Crippen MR) is 103 cm³/mol. The molecule has 3 rings (SSSR count). The highest BCUT2D eigenvalue weighted by atomic mass is 32.2. The summed E-state index contributed by atoms with van der Waals surface area (Å²) >= 11 is 1.54. The number of rotatable bonds is 6. The van der Waals surface area contributed by atoms with Gasteiger partial charge in [0.15, 0.2) is 5.76 Å². The van der Waals surface area contributed by atoms with E-state index < -0.39 is 10.0 Å². The average Bonchev–Trinajstić information content (AvgIpc) is 3.28. The standard InChI is InChI=1S/C18H19N3O4S2/c1-12-20-16(11-26-12)17-9-6-14(25-17)10-19-18(22)13-4-7-15(8-5-13)27(23,24)21(2)3/h4-9,11H,10H2,1-3H3,(H,19,22). The molecule has 1 N–H and O–H groups in total. The van der Waals surface area contributed by atoms with Gasteiger partial charge in [0.1, 0.15) is 11.5 Å². The molecule has 0 radical (unpaired) electrons. The third-order valence-corrected chi connectivity index (χ3v) is 6.45. The molecule has 0 fully saturated rings. The summed E-state index contributed by atoms with van der Waals surface area (Å²) in [7, 11) is -0.597. The number of hydrogen-bond donors (Lipinski definition) is 1. The Hall–Kier alpha value is -2.49. The number of carbonyl (C=O) groups is 1. The van der Waals surface area contributed by atoms with Crippen LogP contribution in [-0.2, 0) is 16.6 Å². The van der Waals surface area contributed by atoms with Gasteiger partial charge >= 0.3 is 0 Å². The summed E-state index contributed by atoms with van der Waals surface area (Å²) < 4.78 is 30.9. The first-order valence-electron chi connectivity index (χ1n) is 8.09. The third-order valence-electron chi connectivity index (χ3n) is 3.85. The lowest BCUT2D eigenvalue weighted by atomic mass is 10.2. The molecule has 9 heteroatoms. The van der Waals surface area contributed by atoms with Crippen LogP contribution in [0.1, 0.15) is 21.1 Å². The molecule has 27 heavy (non-hydrogen) atoms. The Balaban J connectivity index is 1.64. The predicted octanol–water partition coefficient (Wildman–Crippen LogP) is 2.89. The van der Waals surface area contributed by atoms with Gasteiger partial charge in [-0.05, 0) is 43.3 Å². The average molecular weight is 406 g/mol. The van der Waals surface area contributed by atoms with Crippen molar-refractivity contribution in [1.29, 1.82) is 0 Å². The molecule has 0 spiro atoms. The SMILES string of the molecule is Cc1nc(-c2ccc(CNC(=O)c3ccc(S(=O)(=O)N(C)C)cc3)o2)cs1. The fraction of sp³-hybridized carbons (Fsp3) is 0.222. The maximum Gasteiger partial charge on any atom is 0.251 e. The van der Waals surface area contributed by atoms with Gasteiger partial charge in [-0.3, -0.25) is 4.79 Å². The molecule has 0 unspecified atom stereocenters. The number of aryl methyl sites for hydroxylation is 1. The molecule has 0 bridgehead atoms. The van der Waals surface area contributed by atoms with Gasteiger partial charge in [-0.1, -0.05) is 0 Å². The van der Waals surface area contributed by atoms with Crippen LogP contribution in [0.4, 0.5) is 0 Å². The largest absolute Gasteiger partial charge is 0.458 e. The zero-order valence-electron chi connectivity index (χ0n) is 15.1. The van der Waals surface area contributed by atoms with E-state index in [4.69, 9.17) is 4.42 Å². The number of nitrogens with one attached hydrogen (secondary N) is 1. The number of thiazole rings is 1. The number of furan rings is 1. The second kappa shape index (κ2) is 7.63. The van der Waals surface area contributed by atoms with E-state index in [1.165, 1.54) is 38.4 Å². The molecule has 1 aromatic carbocycles. The van der Waals surface area contributed by atoms with Crippen LogP contribution in [0.15, 0.2) is 51.1 Å². The number of carbonyl (C=O) groups excluding carboxylic acids is 1. The minimum absolute atomic E-state index is 0.137. The van der Waals surface area contributed by atoms with Crippen molar-refractivity contribution in [2.45, 2.75) is 18.4 Å². The highest BCUT2D eigenvalue weighted by Crippen LogP contribution is 2.23. The van der Waals surface area contributed by atoms with Crippen LogP contribution in [0.3, 0.4) is 0 Å². The topological polar surface area (TPSA) is 92.5 Å². The van der Waals surface area contributed by atoms with Gasteiger partial charge in [0.2, 0.25) is 10.0 Å². The van der Waals surface area contributed by atoms with Crippen LogP contribution >= 0.6 is 11.3 Å². The fourth-order valence-electron chi connectivity index (χ4n) is 2.35. The summed E-state index contributed by atoms with van der Waals surface area (Å²) in [6.45, 7) is 2.15. The Kier molecular flexibility index (Phi) is 5.45. The number of aromatic nitrogens is 1. The molecule has 0 saturated carbocycles. The van der Waals surface area contributed by atoms with Crippen molar-refractivity contribution in [1.82, 2.24) is 14.6 Å². The van der Waals surface area contributed by atoms with Gasteiger partial charge in [0, 0.05) is 25.0 Å². The van der Waals surface area contributed by atoms with Crippen LogP contribution in [0.5, 0.6) is 0 Å². The van der Waals surface area contributed by atoms with E-state index in [-0.39, 0.29) is 17.3 Å². The molecule has 0 aliphatic rings. The Morgan fingerprint density at radius 3 is 2.48 bits per heavy atom. The van der Waals surface area contributed by atoms with Crippen LogP contribution in [-0.4, -0.2) is 37.7 Å². The summed E-state index contributed by atoms with van der Waals surface area (Å²) in [5, 5.41) is 5.63. The van der Waals surface area contributed by atoms with Crippen molar-refractivity contribution in [2.75, 3.05) is 14.1 Å². The molecule has 3 aromatic rings. The maximum absolute atomic E-state index is 12.3. The number of nitrogens with zero attached hydrogens (tertiary/aromatic N) is 2. The Morgan fingerprint density at radius 1 is 1.19 bits per heavy atom. The quantitative estimate of drug-likeness (QED) is 0.681. The number of hydrogen-bond acceptors (Lipinski definition) is 6. The monoisotopic (exact) mass is 405 g/mol. The van der Waals surface area contributed by atoms with Crippen molar-refractivity contribution in [3.8, 4) is 11.5 Å². The minimum Gasteiger partial charge on any atom is -0.458 e. The molecule has 0 atom stereocenters. The lowest BCUT2D eigenvalue weighted by Gasteiger charge is -2.11. The molecule has 2 heterocycles. The third kappa shape index (κ3) is 4.26. The van der Waals surface area contributed by atoms with Gasteiger partial charge in [0.05, 0.1) is 16.4 Å². The van der Waals surface area contributed by atoms with E-state index >= 15 is 0 Å². The van der Waals surface area contributed by atoms with Gasteiger partial charge in [-0.2, -0.15) is 0 Å². The number of amides is 1. The lowest BCUT2D eigenvalue weighted by Crippen LogP contribution is -2.24. The first-order chi connectivity index (χ1) is 12.8. The van der Waals surface area contributed by atoms with Crippen LogP contribution in [0, 0.1) is 6.92 Å². The number of benzene rings is 1. The van der Waals surface area contributed by atoms with Crippen LogP contribution in [0.2, 0.25) is 0 Å². The molecule has 1 amide bonds. The van der Waals surface area contributed by atoms with Gasteiger partial charge in [-0.15, -0.1) is 11.3 Å². The van der Waals surface area contributed by atoms with E-state index in [0.29, 0.717) is 17.1 Å². The zero-order valence-corrected chi connectivity index (χ0v) is 16.7. The minimum atomic E-state index is -3.51. The molecular weight excluding hydrogens is 386 g/mol. The summed E-state index contributed by atoms with van der Waals surface area (Å²) in [5.74, 6) is 0.948. The summed E-state index contributed by atoms with van der Waals surface area (Å²) in [5.41, 5.74) is 1.14. The molecule has 0 aliphatic carbocycles. The highest BCUT2D eigenvalue weighted by molar-refractivity contribution is 7.89. The molecule has 142 valence electrons. The van der Waals surface area contributed by atoms with Gasteiger partial charge < -0.3 is 9.73 Å². The normalized spacial score (nSPS) is 11.7. The van der Waals surface area contributed by atoms with E-state index in [1.807, 2.05) is 18.4 Å². The van der Waals surface area contributed by atoms with Crippen molar-refractivity contribution in [3.05, 3.63) is 58.1 Å². The van der Waals surface area contributed by atoms with Crippen molar-refractivity contribution in [3.63, 3.8) is 0 Å². The smallest absolute Gasteiger partial charge is 0.251 e. The van der Waals surface area contributed by atoms with E-state index in [1.54, 1.807) is 17.4 Å². The first kappa shape index (κ1) is 19.3. The Labute approximate surface area is 161 Å². The van der Waals surface area contributed by atoms with Gasteiger partial charge in [0.25, 0.3) is 5.91 Å². The van der Waals surface area contributed by atoms with Crippen molar-refractivity contribution >= 4 is 27.3 Å². The Morgan fingerprint density at radius 2 is 1.89 bits per heavy atom. The number of sulfonamides is 1. The van der Waals surface area contributed by atoms with E-state index in [0.717, 1.165) is 15.0 Å². The second-order valence-electron chi connectivity index (χ2n) is 6.01. The fourth-order valence-corrected chi connectivity index (χ4v) is 3.85. The van der Waals surface area contributed by atoms with Crippen LogP contribution in [0.25, 0.3) is 11.5 Å². The van der Waals surface area contributed by atoms with E-state index in [2.05, 4.69) is 10.3 Å². The summed E-state index contributed by atoms with van der Waals surface area (Å²) in [6.07, 6.45) is 0.